The number of carbonyl (C=O) groups excluding carboxylic acids is 2. The van der Waals surface area contributed by atoms with Crippen LogP contribution in [-0.2, 0) is 19.7 Å². The fourth-order valence-electron chi connectivity index (χ4n) is 2.98. The molecule has 184 valence electrons. The summed E-state index contributed by atoms with van der Waals surface area (Å²) in [6, 6.07) is 19.1. The number of fused-ring (bicyclic) bond motifs is 1. The number of rotatable bonds is 9. The molecule has 0 bridgehead atoms. The molecule has 2 N–H and O–H groups in total. The van der Waals surface area contributed by atoms with E-state index in [-0.39, 0.29) is 28.2 Å². The van der Waals surface area contributed by atoms with Gasteiger partial charge < -0.3 is 13.9 Å². The first-order valence-electron chi connectivity index (χ1n) is 10.5. The number of benzene rings is 3. The zero-order chi connectivity index (χ0) is 25.5. The summed E-state index contributed by atoms with van der Waals surface area (Å²) in [4.78, 5) is 27.4. The minimum absolute atomic E-state index is 0.0479. The summed E-state index contributed by atoms with van der Waals surface area (Å²) in [6.45, 7) is 1.36. The van der Waals surface area contributed by atoms with E-state index in [1.54, 1.807) is 18.2 Å². The SMILES string of the molecule is CC(=O)Nc1ccc(S(=O)(=O)Oc2cccc(/C=N\NC(=O)CSc3nc4ccccc4o3)c2)cc1. The van der Waals surface area contributed by atoms with Gasteiger partial charge in [-0.05, 0) is 54.1 Å². The molecular formula is C24H20N4O6S2. The van der Waals surface area contributed by atoms with Crippen LogP contribution in [0.4, 0.5) is 5.69 Å². The number of nitrogens with zero attached hydrogens (tertiary/aromatic N) is 2. The standard InChI is InChI=1S/C24H20N4O6S2/c1-16(29)26-18-9-11-20(12-10-18)36(31,32)34-19-6-4-5-17(13-19)14-25-28-23(30)15-35-24-27-21-7-2-3-8-22(21)33-24/h2-14H,15H2,1H3,(H,26,29)(H,28,30)/b25-14-. The van der Waals surface area contributed by atoms with Gasteiger partial charge in [-0.3, -0.25) is 9.59 Å². The zero-order valence-corrected chi connectivity index (χ0v) is 20.5. The molecule has 36 heavy (non-hydrogen) atoms. The maximum absolute atomic E-state index is 12.6. The first-order chi connectivity index (χ1) is 17.3. The Bertz CT molecular complexity index is 1500. The van der Waals surface area contributed by atoms with Crippen molar-refractivity contribution < 1.29 is 26.6 Å². The third-order valence-corrected chi connectivity index (χ3v) is 6.62. The number of nitrogens with one attached hydrogen (secondary N) is 2. The maximum atomic E-state index is 12.6. The minimum Gasteiger partial charge on any atom is -0.431 e. The van der Waals surface area contributed by atoms with Gasteiger partial charge in [0.2, 0.25) is 5.91 Å². The molecule has 1 heterocycles. The second-order valence-corrected chi connectivity index (χ2v) is 9.82. The summed E-state index contributed by atoms with van der Waals surface area (Å²) in [7, 11) is -4.10. The molecular weight excluding hydrogens is 504 g/mol. The Labute approximate surface area is 210 Å². The second-order valence-electron chi connectivity index (χ2n) is 7.34. The van der Waals surface area contributed by atoms with Crippen molar-refractivity contribution in [2.75, 3.05) is 11.1 Å². The van der Waals surface area contributed by atoms with E-state index in [0.29, 0.717) is 27.6 Å². The predicted molar refractivity (Wildman–Crippen MR) is 135 cm³/mol. The summed E-state index contributed by atoms with van der Waals surface area (Å²) in [5, 5.41) is 6.84. The van der Waals surface area contributed by atoms with Crippen LogP contribution in [0.3, 0.4) is 0 Å². The lowest BCUT2D eigenvalue weighted by molar-refractivity contribution is -0.118. The van der Waals surface area contributed by atoms with Crippen LogP contribution in [0.2, 0.25) is 0 Å². The molecule has 4 aromatic rings. The molecule has 0 aliphatic heterocycles. The largest absolute Gasteiger partial charge is 0.431 e. The second kappa shape index (κ2) is 11.1. The Hall–Kier alpha value is -4.16. The molecule has 0 fully saturated rings. The van der Waals surface area contributed by atoms with Crippen LogP contribution < -0.4 is 14.9 Å². The summed E-state index contributed by atoms with van der Waals surface area (Å²) >= 11 is 1.14. The normalized spacial score (nSPS) is 11.5. The third kappa shape index (κ3) is 6.71. The summed E-state index contributed by atoms with van der Waals surface area (Å²) < 4.78 is 35.9. The van der Waals surface area contributed by atoms with Gasteiger partial charge in [-0.25, -0.2) is 10.4 Å². The molecule has 0 atom stereocenters. The van der Waals surface area contributed by atoms with E-state index in [2.05, 4.69) is 20.8 Å². The number of hydrogen-bond acceptors (Lipinski definition) is 9. The van der Waals surface area contributed by atoms with Gasteiger partial charge >= 0.3 is 10.1 Å². The van der Waals surface area contributed by atoms with Crippen molar-refractivity contribution >= 4 is 56.7 Å². The lowest BCUT2D eigenvalue weighted by Crippen LogP contribution is -2.19. The van der Waals surface area contributed by atoms with Crippen LogP contribution in [-0.4, -0.2) is 37.2 Å². The van der Waals surface area contributed by atoms with E-state index < -0.39 is 10.1 Å². The molecule has 0 aliphatic rings. The molecule has 0 saturated heterocycles. The highest BCUT2D eigenvalue weighted by Crippen LogP contribution is 2.23. The highest BCUT2D eigenvalue weighted by Gasteiger charge is 2.17. The fourth-order valence-corrected chi connectivity index (χ4v) is 4.53. The minimum atomic E-state index is -4.10. The van der Waals surface area contributed by atoms with E-state index in [1.807, 2.05) is 18.2 Å². The highest BCUT2D eigenvalue weighted by atomic mass is 32.2. The summed E-state index contributed by atoms with van der Waals surface area (Å²) in [5.41, 5.74) is 4.73. The molecule has 2 amide bonds. The Morgan fingerprint density at radius 3 is 2.61 bits per heavy atom. The van der Waals surface area contributed by atoms with E-state index in [4.69, 9.17) is 8.60 Å². The highest BCUT2D eigenvalue weighted by molar-refractivity contribution is 7.99. The average molecular weight is 525 g/mol. The van der Waals surface area contributed by atoms with Crippen LogP contribution in [0.5, 0.6) is 5.75 Å². The molecule has 3 aromatic carbocycles. The maximum Gasteiger partial charge on any atom is 0.339 e. The van der Waals surface area contributed by atoms with Crippen molar-refractivity contribution in [3.8, 4) is 5.75 Å². The first kappa shape index (κ1) is 24.9. The molecule has 0 aliphatic carbocycles. The zero-order valence-electron chi connectivity index (χ0n) is 18.9. The van der Waals surface area contributed by atoms with Gasteiger partial charge in [-0.1, -0.05) is 36.0 Å². The number of anilines is 1. The van der Waals surface area contributed by atoms with Crippen molar-refractivity contribution in [1.82, 2.24) is 10.4 Å². The number of thioether (sulfide) groups is 1. The number of oxazole rings is 1. The number of carbonyl (C=O) groups is 2. The van der Waals surface area contributed by atoms with Crippen molar-refractivity contribution in [2.24, 2.45) is 5.10 Å². The van der Waals surface area contributed by atoms with Crippen molar-refractivity contribution in [3.05, 3.63) is 78.4 Å². The number of para-hydroxylation sites is 2. The third-order valence-electron chi connectivity index (χ3n) is 4.53. The fraction of sp³-hybridized carbons (Fsp3) is 0.0833. The molecule has 0 unspecified atom stereocenters. The predicted octanol–water partition coefficient (Wildman–Crippen LogP) is 3.80. The van der Waals surface area contributed by atoms with Gasteiger partial charge in [0.15, 0.2) is 5.58 Å². The quantitative estimate of drug-likeness (QED) is 0.146. The molecule has 0 saturated carbocycles. The first-order valence-corrected chi connectivity index (χ1v) is 12.9. The van der Waals surface area contributed by atoms with Crippen molar-refractivity contribution in [2.45, 2.75) is 17.0 Å². The van der Waals surface area contributed by atoms with Crippen LogP contribution in [0.15, 0.2) is 92.4 Å². The topological polar surface area (TPSA) is 140 Å². The molecule has 0 spiro atoms. The number of aromatic nitrogens is 1. The van der Waals surface area contributed by atoms with Gasteiger partial charge in [0.1, 0.15) is 16.2 Å². The van der Waals surface area contributed by atoms with E-state index in [0.717, 1.165) is 11.8 Å². The molecule has 10 nitrogen and oxygen atoms in total. The molecule has 4 rings (SSSR count). The Morgan fingerprint density at radius 1 is 1.08 bits per heavy atom. The van der Waals surface area contributed by atoms with Crippen LogP contribution in [0.1, 0.15) is 12.5 Å². The number of amides is 2. The molecule has 0 radical (unpaired) electrons. The lowest BCUT2D eigenvalue weighted by atomic mass is 10.2. The molecule has 1 aromatic heterocycles. The summed E-state index contributed by atoms with van der Waals surface area (Å²) in [5.74, 6) is -0.510. The van der Waals surface area contributed by atoms with Crippen LogP contribution in [0.25, 0.3) is 11.1 Å². The molecule has 12 heteroatoms. The van der Waals surface area contributed by atoms with Gasteiger partial charge in [0.05, 0.1) is 12.0 Å². The van der Waals surface area contributed by atoms with Crippen molar-refractivity contribution in [1.29, 1.82) is 0 Å². The van der Waals surface area contributed by atoms with E-state index in [9.17, 15) is 18.0 Å². The monoisotopic (exact) mass is 524 g/mol. The average Bonchev–Trinajstić information content (AvgIpc) is 3.26. The van der Waals surface area contributed by atoms with Gasteiger partial charge in [0, 0.05) is 12.6 Å². The lowest BCUT2D eigenvalue weighted by Gasteiger charge is -2.08. The number of hydrogen-bond donors (Lipinski definition) is 2. The summed E-state index contributed by atoms with van der Waals surface area (Å²) in [6.07, 6.45) is 1.36. The smallest absolute Gasteiger partial charge is 0.339 e. The van der Waals surface area contributed by atoms with Crippen LogP contribution >= 0.6 is 11.8 Å². The Morgan fingerprint density at radius 2 is 1.86 bits per heavy atom. The van der Waals surface area contributed by atoms with Gasteiger partial charge in [-0.2, -0.15) is 13.5 Å². The van der Waals surface area contributed by atoms with E-state index in [1.165, 1.54) is 49.5 Å². The van der Waals surface area contributed by atoms with Crippen LogP contribution in [0, 0.1) is 0 Å². The Kier molecular flexibility index (Phi) is 7.66. The van der Waals surface area contributed by atoms with Gasteiger partial charge in [0.25, 0.3) is 11.1 Å². The van der Waals surface area contributed by atoms with Gasteiger partial charge in [-0.15, -0.1) is 0 Å². The Balaban J connectivity index is 1.31. The number of hydrazone groups is 1. The van der Waals surface area contributed by atoms with E-state index >= 15 is 0 Å². The van der Waals surface area contributed by atoms with Crippen molar-refractivity contribution in [3.63, 3.8) is 0 Å².